The summed E-state index contributed by atoms with van der Waals surface area (Å²) >= 11 is 2.78. The predicted molar refractivity (Wildman–Crippen MR) is 157 cm³/mol. The minimum Gasteiger partial charge on any atom is -0.312 e. The van der Waals surface area contributed by atoms with Crippen LogP contribution < -0.4 is 16.4 Å². The van der Waals surface area contributed by atoms with Crippen LogP contribution in [0.1, 0.15) is 15.9 Å². The molecule has 0 aliphatic carbocycles. The van der Waals surface area contributed by atoms with E-state index in [0.29, 0.717) is 50.1 Å². The molecule has 5 heterocycles. The molecule has 0 bridgehead atoms. The number of aromatic nitrogens is 4. The Kier molecular flexibility index (Phi) is 6.26. The monoisotopic (exact) mass is 550 g/mol. The lowest BCUT2D eigenvalue weighted by atomic mass is 10.1. The number of fused-ring (bicyclic) bond motifs is 2. The van der Waals surface area contributed by atoms with Crippen molar-refractivity contribution in [2.45, 2.75) is 13.5 Å². The summed E-state index contributed by atoms with van der Waals surface area (Å²) in [6, 6.07) is 18.2. The molecule has 0 saturated carbocycles. The average molecular weight is 551 g/mol. The molecule has 0 spiro atoms. The van der Waals surface area contributed by atoms with E-state index in [1.807, 2.05) is 42.6 Å². The van der Waals surface area contributed by atoms with Gasteiger partial charge in [0.15, 0.2) is 0 Å². The van der Waals surface area contributed by atoms with Crippen molar-refractivity contribution in [1.82, 2.24) is 18.9 Å². The minimum absolute atomic E-state index is 0.150. The molecule has 0 aliphatic rings. The number of aryl methyl sites for hydroxylation is 1. The third-order valence-electron chi connectivity index (χ3n) is 6.28. The Morgan fingerprint density at radius 2 is 1.95 bits per heavy atom. The fourth-order valence-electron chi connectivity index (χ4n) is 4.34. The number of thiophene rings is 1. The van der Waals surface area contributed by atoms with Crippen LogP contribution >= 0.6 is 22.7 Å². The van der Waals surface area contributed by atoms with Crippen LogP contribution in [0.2, 0.25) is 0 Å². The maximum absolute atomic E-state index is 13.5. The molecular formula is C29H22N6O2S2. The standard InChI is InChI=1S/C29H22N6O2S2/c1-3-13-35-24(30)19(16-20-25(35)31-22-8-4-5-14-34(22)29(20)37)27-32-23(21-7-6-15-38-21)28(39-27)33-26(36)18-11-9-17(2)10-12-18/h3-12,14-16,30H,1,13H2,2H3,(H,33,36). The predicted octanol–water partition coefficient (Wildman–Crippen LogP) is 5.73. The number of nitrogens with zero attached hydrogens (tertiary/aromatic N) is 4. The van der Waals surface area contributed by atoms with Crippen LogP contribution in [0.4, 0.5) is 5.00 Å². The van der Waals surface area contributed by atoms with Crippen molar-refractivity contribution in [3.05, 3.63) is 112 Å². The van der Waals surface area contributed by atoms with E-state index in [4.69, 9.17) is 10.4 Å². The summed E-state index contributed by atoms with van der Waals surface area (Å²) < 4.78 is 3.14. The number of hydrogen-bond donors (Lipinski definition) is 2. The summed E-state index contributed by atoms with van der Waals surface area (Å²) in [4.78, 5) is 37.0. The maximum Gasteiger partial charge on any atom is 0.267 e. The lowest BCUT2D eigenvalue weighted by Gasteiger charge is -2.12. The van der Waals surface area contributed by atoms with Gasteiger partial charge in [0, 0.05) is 18.3 Å². The molecule has 0 radical (unpaired) electrons. The van der Waals surface area contributed by atoms with Crippen molar-refractivity contribution in [3.63, 3.8) is 0 Å². The summed E-state index contributed by atoms with van der Waals surface area (Å²) in [6.07, 6.45) is 3.34. The first-order valence-electron chi connectivity index (χ1n) is 12.1. The molecular weight excluding hydrogens is 528 g/mol. The number of allylic oxidation sites excluding steroid dienone is 1. The fourth-order valence-corrected chi connectivity index (χ4v) is 6.11. The average Bonchev–Trinajstić information content (AvgIpc) is 3.61. The van der Waals surface area contributed by atoms with Crippen LogP contribution in [0.3, 0.4) is 0 Å². The normalized spacial score (nSPS) is 11.2. The second kappa shape index (κ2) is 9.90. The van der Waals surface area contributed by atoms with E-state index in [1.165, 1.54) is 27.1 Å². The molecule has 0 saturated heterocycles. The van der Waals surface area contributed by atoms with Crippen LogP contribution in [-0.2, 0) is 6.54 Å². The van der Waals surface area contributed by atoms with E-state index in [9.17, 15) is 9.59 Å². The van der Waals surface area contributed by atoms with E-state index in [1.54, 1.807) is 47.2 Å². The highest BCUT2D eigenvalue weighted by Crippen LogP contribution is 2.39. The van der Waals surface area contributed by atoms with Crippen molar-refractivity contribution in [3.8, 4) is 21.1 Å². The van der Waals surface area contributed by atoms with E-state index in [2.05, 4.69) is 16.9 Å². The number of amides is 1. The lowest BCUT2D eigenvalue weighted by Crippen LogP contribution is -2.26. The molecule has 6 aromatic rings. The van der Waals surface area contributed by atoms with Gasteiger partial charge in [-0.3, -0.25) is 19.4 Å². The third-order valence-corrected chi connectivity index (χ3v) is 8.16. The zero-order chi connectivity index (χ0) is 27.1. The summed E-state index contributed by atoms with van der Waals surface area (Å²) in [6.45, 7) is 6.10. The van der Waals surface area contributed by atoms with E-state index < -0.39 is 0 Å². The van der Waals surface area contributed by atoms with Gasteiger partial charge in [0.1, 0.15) is 32.5 Å². The highest BCUT2D eigenvalue weighted by Gasteiger charge is 2.21. The first-order valence-corrected chi connectivity index (χ1v) is 13.8. The molecule has 0 fully saturated rings. The summed E-state index contributed by atoms with van der Waals surface area (Å²) in [5.41, 5.74) is 3.50. The molecule has 0 aliphatic heterocycles. The molecule has 39 heavy (non-hydrogen) atoms. The van der Waals surface area contributed by atoms with Crippen LogP contribution in [0.25, 0.3) is 37.8 Å². The van der Waals surface area contributed by atoms with Gasteiger partial charge in [0.2, 0.25) is 0 Å². The van der Waals surface area contributed by atoms with Crippen LogP contribution in [0.15, 0.2) is 89.7 Å². The van der Waals surface area contributed by atoms with Gasteiger partial charge in [-0.2, -0.15) is 0 Å². The van der Waals surface area contributed by atoms with E-state index >= 15 is 0 Å². The van der Waals surface area contributed by atoms with Crippen molar-refractivity contribution >= 4 is 50.3 Å². The molecule has 1 aromatic carbocycles. The van der Waals surface area contributed by atoms with Gasteiger partial charge in [-0.1, -0.05) is 47.2 Å². The third kappa shape index (κ3) is 4.39. The summed E-state index contributed by atoms with van der Waals surface area (Å²) in [5.74, 6) is -0.247. The highest BCUT2D eigenvalue weighted by atomic mass is 32.1. The number of nitrogens with one attached hydrogen (secondary N) is 2. The van der Waals surface area contributed by atoms with Gasteiger partial charge >= 0.3 is 0 Å². The molecule has 0 unspecified atom stereocenters. The van der Waals surface area contributed by atoms with Gasteiger partial charge in [0.25, 0.3) is 11.5 Å². The molecule has 5 aromatic heterocycles. The van der Waals surface area contributed by atoms with Crippen LogP contribution in [-0.4, -0.2) is 24.8 Å². The number of carbonyl (C=O) groups is 1. The van der Waals surface area contributed by atoms with Crippen molar-refractivity contribution in [2.24, 2.45) is 0 Å². The quantitative estimate of drug-likeness (QED) is 0.204. The first-order chi connectivity index (χ1) is 18.9. The molecule has 8 nitrogen and oxygen atoms in total. The summed E-state index contributed by atoms with van der Waals surface area (Å²) in [7, 11) is 0. The topological polar surface area (TPSA) is 105 Å². The number of rotatable bonds is 6. The van der Waals surface area contributed by atoms with Gasteiger partial charge in [-0.15, -0.1) is 17.9 Å². The van der Waals surface area contributed by atoms with Gasteiger partial charge < -0.3 is 9.88 Å². The van der Waals surface area contributed by atoms with E-state index in [-0.39, 0.29) is 17.0 Å². The highest BCUT2D eigenvalue weighted by molar-refractivity contribution is 7.20. The number of pyridine rings is 2. The second-order valence-electron chi connectivity index (χ2n) is 8.88. The second-order valence-corrected chi connectivity index (χ2v) is 10.8. The first kappa shape index (κ1) is 24.7. The van der Waals surface area contributed by atoms with Crippen molar-refractivity contribution < 1.29 is 4.79 Å². The van der Waals surface area contributed by atoms with Crippen LogP contribution in [0.5, 0.6) is 0 Å². The number of thiazole rings is 1. The molecule has 10 heteroatoms. The Bertz CT molecular complexity index is 2000. The van der Waals surface area contributed by atoms with Crippen LogP contribution in [0, 0.1) is 12.3 Å². The molecule has 0 atom stereocenters. The maximum atomic E-state index is 13.5. The molecule has 6 rings (SSSR count). The molecule has 2 N–H and O–H groups in total. The smallest absolute Gasteiger partial charge is 0.267 e. The Morgan fingerprint density at radius 1 is 1.13 bits per heavy atom. The summed E-state index contributed by atoms with van der Waals surface area (Å²) in [5, 5.41) is 15.5. The largest absolute Gasteiger partial charge is 0.312 e. The SMILES string of the molecule is C=CCn1c(=N)c(-c2nc(-c3cccs3)c(NC(=O)c3ccc(C)cc3)s2)cc2c(=O)n3ccccc3nc21. The minimum atomic E-state index is -0.247. The fraction of sp³-hybridized carbons (Fsp3) is 0.0690. The van der Waals surface area contributed by atoms with Gasteiger partial charge in [-0.05, 0) is 48.7 Å². The Labute approximate surface area is 230 Å². The Balaban J connectivity index is 1.55. The van der Waals surface area contributed by atoms with Gasteiger partial charge in [0.05, 0.1) is 15.8 Å². The Hall–Kier alpha value is -4.67. The Morgan fingerprint density at radius 3 is 2.69 bits per heavy atom. The van der Waals surface area contributed by atoms with Crippen molar-refractivity contribution in [2.75, 3.05) is 5.32 Å². The molecule has 1 amide bonds. The zero-order valence-electron chi connectivity index (χ0n) is 20.8. The van der Waals surface area contributed by atoms with Crippen molar-refractivity contribution in [1.29, 1.82) is 5.41 Å². The molecule has 192 valence electrons. The lowest BCUT2D eigenvalue weighted by molar-refractivity contribution is 0.102. The number of carbonyl (C=O) groups excluding carboxylic acids is 1. The number of hydrogen-bond acceptors (Lipinski definition) is 7. The zero-order valence-corrected chi connectivity index (χ0v) is 22.5. The van der Waals surface area contributed by atoms with Gasteiger partial charge in [-0.25, -0.2) is 9.97 Å². The number of anilines is 1. The number of benzene rings is 1. The van der Waals surface area contributed by atoms with E-state index in [0.717, 1.165) is 10.4 Å².